The molecule has 0 aliphatic heterocycles. The second-order valence-corrected chi connectivity index (χ2v) is 5.53. The number of hydrogen-bond acceptors (Lipinski definition) is 4. The van der Waals surface area contributed by atoms with Crippen LogP contribution < -0.4 is 5.56 Å². The van der Waals surface area contributed by atoms with Crippen molar-refractivity contribution in [2.75, 3.05) is 6.54 Å². The lowest BCUT2D eigenvalue weighted by Crippen LogP contribution is -2.32. The van der Waals surface area contributed by atoms with Crippen LogP contribution in [0.25, 0.3) is 10.9 Å². The highest BCUT2D eigenvalue weighted by atomic mass is 16.2. The van der Waals surface area contributed by atoms with Crippen LogP contribution in [0.4, 0.5) is 0 Å². The normalized spacial score (nSPS) is 10.8. The van der Waals surface area contributed by atoms with Gasteiger partial charge in [-0.05, 0) is 38.1 Å². The molecule has 122 valence electrons. The summed E-state index contributed by atoms with van der Waals surface area (Å²) in [7, 11) is 0. The minimum absolute atomic E-state index is 0.112. The second-order valence-electron chi connectivity index (χ2n) is 5.53. The number of carbonyl (C=O) groups is 1. The van der Waals surface area contributed by atoms with Gasteiger partial charge in [0, 0.05) is 24.0 Å². The molecule has 0 aliphatic carbocycles. The van der Waals surface area contributed by atoms with Crippen molar-refractivity contribution >= 4 is 16.8 Å². The number of nitrogens with one attached hydrogen (secondary N) is 1. The lowest BCUT2D eigenvalue weighted by atomic mass is 10.2. The molecule has 0 spiro atoms. The number of aromatic amines is 1. The molecule has 6 nitrogen and oxygen atoms in total. The van der Waals surface area contributed by atoms with Crippen molar-refractivity contribution in [3.63, 3.8) is 0 Å². The number of amides is 1. The number of fused-ring (bicyclic) bond motifs is 1. The molecule has 0 saturated heterocycles. The van der Waals surface area contributed by atoms with Crippen molar-refractivity contribution in [3.8, 4) is 0 Å². The van der Waals surface area contributed by atoms with E-state index in [9.17, 15) is 9.59 Å². The highest BCUT2D eigenvalue weighted by Crippen LogP contribution is 2.10. The minimum atomic E-state index is -0.196. The van der Waals surface area contributed by atoms with Crippen LogP contribution >= 0.6 is 0 Å². The van der Waals surface area contributed by atoms with Crippen LogP contribution in [0.3, 0.4) is 0 Å². The molecular formula is C18H18N4O2. The Hall–Kier alpha value is -3.02. The number of aryl methyl sites for hydroxylation is 1. The van der Waals surface area contributed by atoms with Gasteiger partial charge >= 0.3 is 0 Å². The van der Waals surface area contributed by atoms with Crippen LogP contribution in [-0.2, 0) is 6.54 Å². The Kier molecular flexibility index (Phi) is 4.37. The summed E-state index contributed by atoms with van der Waals surface area (Å²) in [4.78, 5) is 37.8. The third kappa shape index (κ3) is 3.17. The molecule has 24 heavy (non-hydrogen) atoms. The molecule has 1 amide bonds. The van der Waals surface area contributed by atoms with Gasteiger partial charge in [0.15, 0.2) is 0 Å². The minimum Gasteiger partial charge on any atom is -0.331 e. The zero-order valence-corrected chi connectivity index (χ0v) is 13.6. The van der Waals surface area contributed by atoms with Gasteiger partial charge in [0.2, 0.25) is 0 Å². The van der Waals surface area contributed by atoms with E-state index >= 15 is 0 Å². The number of benzene rings is 1. The van der Waals surface area contributed by atoms with Crippen LogP contribution in [0.1, 0.15) is 28.8 Å². The van der Waals surface area contributed by atoms with Gasteiger partial charge in [0.1, 0.15) is 5.82 Å². The monoisotopic (exact) mass is 322 g/mol. The molecule has 6 heteroatoms. The smallest absolute Gasteiger partial charge is 0.258 e. The average molecular weight is 322 g/mol. The molecule has 0 bridgehead atoms. The Bertz CT molecular complexity index is 949. The lowest BCUT2D eigenvalue weighted by Gasteiger charge is -2.20. The number of aromatic nitrogens is 3. The van der Waals surface area contributed by atoms with Crippen molar-refractivity contribution in [2.24, 2.45) is 0 Å². The van der Waals surface area contributed by atoms with Gasteiger partial charge in [-0.25, -0.2) is 4.98 Å². The third-order valence-electron chi connectivity index (χ3n) is 3.82. The first-order chi connectivity index (χ1) is 11.6. The van der Waals surface area contributed by atoms with Crippen LogP contribution in [-0.4, -0.2) is 32.3 Å². The van der Waals surface area contributed by atoms with Gasteiger partial charge < -0.3 is 9.88 Å². The largest absolute Gasteiger partial charge is 0.331 e. The molecule has 0 atom stereocenters. The quantitative estimate of drug-likeness (QED) is 0.799. The summed E-state index contributed by atoms with van der Waals surface area (Å²) in [6.45, 7) is 4.49. The molecule has 1 aromatic carbocycles. The van der Waals surface area contributed by atoms with E-state index in [4.69, 9.17) is 0 Å². The second kappa shape index (κ2) is 6.62. The predicted molar refractivity (Wildman–Crippen MR) is 91.8 cm³/mol. The fourth-order valence-electron chi connectivity index (χ4n) is 2.58. The molecule has 2 aromatic heterocycles. The van der Waals surface area contributed by atoms with Crippen LogP contribution in [0.15, 0.2) is 47.4 Å². The standard InChI is InChI=1S/C18H18N4O2/c1-3-22(18(24)13-8-9-19-12(2)10-13)11-16-20-15-7-5-4-6-14(15)17(23)21-16/h4-10H,3,11H2,1-2H3,(H,20,21,23). The molecule has 0 unspecified atom stereocenters. The van der Waals surface area contributed by atoms with E-state index < -0.39 is 0 Å². The summed E-state index contributed by atoms with van der Waals surface area (Å²) in [5, 5.41) is 0.542. The Morgan fingerprint density at radius 2 is 2.04 bits per heavy atom. The predicted octanol–water partition coefficient (Wildman–Crippen LogP) is 2.29. The van der Waals surface area contributed by atoms with Crippen molar-refractivity contribution in [1.82, 2.24) is 19.9 Å². The van der Waals surface area contributed by atoms with Crippen molar-refractivity contribution < 1.29 is 4.79 Å². The number of pyridine rings is 1. The summed E-state index contributed by atoms with van der Waals surface area (Å²) < 4.78 is 0. The Labute approximate surface area is 139 Å². The first-order valence-electron chi connectivity index (χ1n) is 7.78. The Morgan fingerprint density at radius 3 is 2.79 bits per heavy atom. The maximum atomic E-state index is 12.7. The van der Waals surface area contributed by atoms with Crippen LogP contribution in [0, 0.1) is 6.92 Å². The zero-order chi connectivity index (χ0) is 17.1. The number of hydrogen-bond donors (Lipinski definition) is 1. The topological polar surface area (TPSA) is 79.0 Å². The van der Waals surface area contributed by atoms with E-state index in [0.29, 0.717) is 28.8 Å². The number of H-pyrrole nitrogens is 1. The Balaban J connectivity index is 1.90. The molecule has 3 rings (SSSR count). The number of rotatable bonds is 4. The van der Waals surface area contributed by atoms with Gasteiger partial charge in [0.05, 0.1) is 17.4 Å². The molecule has 0 radical (unpaired) electrons. The highest BCUT2D eigenvalue weighted by molar-refractivity contribution is 5.94. The van der Waals surface area contributed by atoms with E-state index in [1.807, 2.05) is 19.9 Å². The molecule has 0 fully saturated rings. The van der Waals surface area contributed by atoms with Gasteiger partial charge in [0.25, 0.3) is 11.5 Å². The van der Waals surface area contributed by atoms with Crippen molar-refractivity contribution in [2.45, 2.75) is 20.4 Å². The molecule has 3 aromatic rings. The summed E-state index contributed by atoms with van der Waals surface area (Å²) in [6, 6.07) is 10.6. The summed E-state index contributed by atoms with van der Waals surface area (Å²) in [5.74, 6) is 0.360. The van der Waals surface area contributed by atoms with Crippen LogP contribution in [0.2, 0.25) is 0 Å². The van der Waals surface area contributed by atoms with E-state index in [1.165, 1.54) is 0 Å². The number of nitrogens with zero attached hydrogens (tertiary/aromatic N) is 3. The maximum Gasteiger partial charge on any atom is 0.258 e. The first-order valence-corrected chi connectivity index (χ1v) is 7.78. The van der Waals surface area contributed by atoms with Gasteiger partial charge in [-0.2, -0.15) is 0 Å². The molecule has 2 heterocycles. The third-order valence-corrected chi connectivity index (χ3v) is 3.82. The van der Waals surface area contributed by atoms with Gasteiger partial charge in [-0.1, -0.05) is 12.1 Å². The zero-order valence-electron chi connectivity index (χ0n) is 13.6. The summed E-state index contributed by atoms with van der Waals surface area (Å²) in [5.41, 5.74) is 1.79. The summed E-state index contributed by atoms with van der Waals surface area (Å²) in [6.07, 6.45) is 1.62. The molecular weight excluding hydrogens is 304 g/mol. The van der Waals surface area contributed by atoms with Crippen molar-refractivity contribution in [3.05, 3.63) is 70.0 Å². The number of para-hydroxylation sites is 1. The maximum absolute atomic E-state index is 12.7. The van der Waals surface area contributed by atoms with E-state index in [1.54, 1.807) is 41.4 Å². The molecule has 0 saturated carbocycles. The SMILES string of the molecule is CCN(Cc1nc2ccccc2c(=O)[nH]1)C(=O)c1ccnc(C)c1. The molecule has 1 N–H and O–H groups in total. The average Bonchev–Trinajstić information content (AvgIpc) is 2.59. The van der Waals surface area contributed by atoms with Gasteiger partial charge in [-0.15, -0.1) is 0 Å². The molecule has 0 aliphatic rings. The fraction of sp³-hybridized carbons (Fsp3) is 0.222. The lowest BCUT2D eigenvalue weighted by molar-refractivity contribution is 0.0748. The Morgan fingerprint density at radius 1 is 1.25 bits per heavy atom. The number of carbonyl (C=O) groups excluding carboxylic acids is 1. The highest BCUT2D eigenvalue weighted by Gasteiger charge is 2.16. The van der Waals surface area contributed by atoms with E-state index in [-0.39, 0.29) is 18.0 Å². The van der Waals surface area contributed by atoms with Crippen LogP contribution in [0.5, 0.6) is 0 Å². The van der Waals surface area contributed by atoms with Crippen molar-refractivity contribution in [1.29, 1.82) is 0 Å². The van der Waals surface area contributed by atoms with Gasteiger partial charge in [-0.3, -0.25) is 14.6 Å². The van der Waals surface area contributed by atoms with E-state index in [0.717, 1.165) is 5.69 Å². The first kappa shape index (κ1) is 15.9. The van der Waals surface area contributed by atoms with E-state index in [2.05, 4.69) is 15.0 Å². The fourth-order valence-corrected chi connectivity index (χ4v) is 2.58. The summed E-state index contributed by atoms with van der Waals surface area (Å²) >= 11 is 0.